The Morgan fingerprint density at radius 1 is 1.20 bits per heavy atom. The van der Waals surface area contributed by atoms with Crippen LogP contribution in [0.2, 0.25) is 0 Å². The number of ether oxygens (including phenoxy) is 2. The van der Waals surface area contributed by atoms with Crippen LogP contribution in [0.15, 0.2) is 35.1 Å². The van der Waals surface area contributed by atoms with Gasteiger partial charge in [0.15, 0.2) is 12.2 Å². The van der Waals surface area contributed by atoms with Crippen LogP contribution in [0.25, 0.3) is 22.3 Å². The van der Waals surface area contributed by atoms with Crippen LogP contribution < -0.4 is 10.3 Å². The van der Waals surface area contributed by atoms with Gasteiger partial charge in [-0.05, 0) is 50.6 Å². The lowest BCUT2D eigenvalue weighted by atomic mass is 9.86. The number of esters is 1. The molecule has 182 valence electrons. The summed E-state index contributed by atoms with van der Waals surface area (Å²) in [5, 5.41) is 11.8. The summed E-state index contributed by atoms with van der Waals surface area (Å²) in [5.41, 5.74) is 1.20. The van der Waals surface area contributed by atoms with Gasteiger partial charge in [-0.1, -0.05) is 6.92 Å². The molecule has 2 aliphatic heterocycles. The normalized spacial score (nSPS) is 18.0. The van der Waals surface area contributed by atoms with Crippen molar-refractivity contribution in [3.63, 3.8) is 0 Å². The number of likely N-dealkylation sites (N-methyl/N-ethyl adjacent to an activating group) is 1. The van der Waals surface area contributed by atoms with E-state index in [2.05, 4.69) is 0 Å². The predicted molar refractivity (Wildman–Crippen MR) is 128 cm³/mol. The minimum absolute atomic E-state index is 0.0426. The monoisotopic (exact) mass is 477 g/mol. The number of fused-ring (bicyclic) bond motifs is 5. The molecular weight excluding hydrogens is 450 g/mol. The Morgan fingerprint density at radius 3 is 2.69 bits per heavy atom. The third-order valence-electron chi connectivity index (χ3n) is 6.96. The molecule has 0 bridgehead atoms. The lowest BCUT2D eigenvalue weighted by molar-refractivity contribution is -0.172. The van der Waals surface area contributed by atoms with E-state index in [1.54, 1.807) is 28.5 Å². The molecule has 9 heteroatoms. The fourth-order valence-electron chi connectivity index (χ4n) is 4.87. The van der Waals surface area contributed by atoms with Gasteiger partial charge >= 0.3 is 5.97 Å². The third kappa shape index (κ3) is 3.58. The molecule has 0 saturated carbocycles. The van der Waals surface area contributed by atoms with E-state index in [0.29, 0.717) is 53.4 Å². The number of rotatable bonds is 6. The van der Waals surface area contributed by atoms with Crippen molar-refractivity contribution in [1.29, 1.82) is 0 Å². The summed E-state index contributed by atoms with van der Waals surface area (Å²) in [6.07, 6.45) is 0.0965. The van der Waals surface area contributed by atoms with Crippen LogP contribution in [0.3, 0.4) is 0 Å². The molecule has 0 saturated heterocycles. The van der Waals surface area contributed by atoms with Gasteiger partial charge in [0.1, 0.15) is 12.4 Å². The summed E-state index contributed by atoms with van der Waals surface area (Å²) >= 11 is 0. The average Bonchev–Trinajstić information content (AvgIpc) is 3.22. The maximum atomic E-state index is 13.3. The number of hydrogen-bond acceptors (Lipinski definition) is 7. The molecule has 0 aliphatic carbocycles. The number of aromatic nitrogens is 2. The molecular formula is C26H27N3O6. The van der Waals surface area contributed by atoms with E-state index in [1.807, 2.05) is 32.0 Å². The van der Waals surface area contributed by atoms with E-state index in [9.17, 15) is 19.5 Å². The van der Waals surface area contributed by atoms with Crippen LogP contribution in [-0.4, -0.2) is 51.1 Å². The number of benzene rings is 1. The fourth-order valence-corrected chi connectivity index (χ4v) is 4.87. The van der Waals surface area contributed by atoms with Crippen LogP contribution in [0.1, 0.15) is 43.9 Å². The average molecular weight is 478 g/mol. The Bertz CT molecular complexity index is 1420. The van der Waals surface area contributed by atoms with Crippen molar-refractivity contribution in [3.8, 4) is 17.1 Å². The second-order valence-electron chi connectivity index (χ2n) is 8.81. The van der Waals surface area contributed by atoms with Crippen LogP contribution in [0.4, 0.5) is 0 Å². The molecule has 1 atom stereocenters. The van der Waals surface area contributed by atoms with E-state index in [-0.39, 0.29) is 31.1 Å². The Balaban J connectivity index is 1.51. The summed E-state index contributed by atoms with van der Waals surface area (Å²) in [7, 11) is 0. The van der Waals surface area contributed by atoms with E-state index in [1.165, 1.54) is 0 Å². The quantitative estimate of drug-likeness (QED) is 0.424. The van der Waals surface area contributed by atoms with Crippen molar-refractivity contribution in [3.05, 3.63) is 57.4 Å². The molecule has 3 aromatic rings. The molecule has 2 aliphatic rings. The minimum Gasteiger partial charge on any atom is -0.484 e. The smallest absolute Gasteiger partial charge is 0.343 e. The lowest BCUT2D eigenvalue weighted by Gasteiger charge is -2.31. The van der Waals surface area contributed by atoms with Crippen molar-refractivity contribution >= 4 is 22.8 Å². The van der Waals surface area contributed by atoms with Gasteiger partial charge in [0, 0.05) is 29.6 Å². The summed E-state index contributed by atoms with van der Waals surface area (Å²) in [5.74, 6) is -0.254. The van der Waals surface area contributed by atoms with E-state index < -0.39 is 11.6 Å². The van der Waals surface area contributed by atoms with Gasteiger partial charge < -0.3 is 24.0 Å². The highest BCUT2D eigenvalue weighted by molar-refractivity contribution is 5.87. The molecule has 1 unspecified atom stereocenters. The zero-order valence-corrected chi connectivity index (χ0v) is 20.0. The molecule has 4 heterocycles. The number of carbonyl (C=O) groups is 2. The van der Waals surface area contributed by atoms with Gasteiger partial charge in [0.05, 0.1) is 29.0 Å². The standard InChI is InChI=1S/C26H27N3O6/c1-4-26(33)19-11-21-23-16(12-29(21)24(31)18(19)13-35-25(26)32)9-15-10-17(7-8-20(15)27-23)34-14-22(30)28(5-2)6-3/h7-11,33H,4-6,12-14H2,1-3H3. The first kappa shape index (κ1) is 23.0. The maximum absolute atomic E-state index is 13.3. The molecule has 35 heavy (non-hydrogen) atoms. The van der Waals surface area contributed by atoms with Gasteiger partial charge in [-0.15, -0.1) is 0 Å². The number of carbonyl (C=O) groups excluding carboxylic acids is 2. The summed E-state index contributed by atoms with van der Waals surface area (Å²) < 4.78 is 12.4. The largest absolute Gasteiger partial charge is 0.484 e. The second kappa shape index (κ2) is 8.49. The second-order valence-corrected chi connectivity index (χ2v) is 8.81. The Kier molecular flexibility index (Phi) is 5.59. The number of hydrogen-bond donors (Lipinski definition) is 1. The van der Waals surface area contributed by atoms with Gasteiger partial charge in [0.25, 0.3) is 11.5 Å². The Morgan fingerprint density at radius 2 is 1.97 bits per heavy atom. The van der Waals surface area contributed by atoms with Gasteiger partial charge in [-0.3, -0.25) is 9.59 Å². The molecule has 9 nitrogen and oxygen atoms in total. The van der Waals surface area contributed by atoms with Crippen LogP contribution in [0, 0.1) is 0 Å². The van der Waals surface area contributed by atoms with Crippen LogP contribution >= 0.6 is 0 Å². The lowest BCUT2D eigenvalue weighted by Crippen LogP contribution is -2.44. The van der Waals surface area contributed by atoms with E-state index in [0.717, 1.165) is 10.9 Å². The highest BCUT2D eigenvalue weighted by Gasteiger charge is 2.45. The van der Waals surface area contributed by atoms with E-state index in [4.69, 9.17) is 14.5 Å². The zero-order valence-electron chi connectivity index (χ0n) is 20.0. The van der Waals surface area contributed by atoms with Gasteiger partial charge in [-0.25, -0.2) is 9.78 Å². The first-order chi connectivity index (χ1) is 16.8. The fraction of sp³-hybridized carbons (Fsp3) is 0.385. The summed E-state index contributed by atoms with van der Waals surface area (Å²) in [6.45, 7) is 6.92. The number of cyclic esters (lactones) is 1. The topological polar surface area (TPSA) is 111 Å². The van der Waals surface area contributed by atoms with Crippen molar-refractivity contribution < 1.29 is 24.2 Å². The van der Waals surface area contributed by atoms with Crippen LogP contribution in [0.5, 0.6) is 5.75 Å². The van der Waals surface area contributed by atoms with Crippen molar-refractivity contribution in [2.45, 2.75) is 45.9 Å². The van der Waals surface area contributed by atoms with Crippen molar-refractivity contribution in [1.82, 2.24) is 14.5 Å². The number of aliphatic hydroxyl groups is 1. The maximum Gasteiger partial charge on any atom is 0.343 e. The number of amides is 1. The van der Waals surface area contributed by atoms with E-state index >= 15 is 0 Å². The first-order valence-electron chi connectivity index (χ1n) is 11.8. The number of pyridine rings is 2. The number of nitrogens with zero attached hydrogens (tertiary/aromatic N) is 3. The third-order valence-corrected chi connectivity index (χ3v) is 6.96. The predicted octanol–water partition coefficient (Wildman–Crippen LogP) is 2.33. The molecule has 0 fully saturated rings. The molecule has 5 rings (SSSR count). The molecule has 1 N–H and O–H groups in total. The van der Waals surface area contributed by atoms with Crippen LogP contribution in [-0.2, 0) is 33.1 Å². The molecule has 0 spiro atoms. The summed E-state index contributed by atoms with van der Waals surface area (Å²) in [6, 6.07) is 9.05. The van der Waals surface area contributed by atoms with Crippen molar-refractivity contribution in [2.75, 3.05) is 19.7 Å². The summed E-state index contributed by atoms with van der Waals surface area (Å²) in [4.78, 5) is 44.3. The molecule has 1 amide bonds. The van der Waals surface area contributed by atoms with Gasteiger partial charge in [0.2, 0.25) is 0 Å². The molecule has 2 aromatic heterocycles. The van der Waals surface area contributed by atoms with Gasteiger partial charge in [-0.2, -0.15) is 0 Å². The van der Waals surface area contributed by atoms with Crippen molar-refractivity contribution in [2.24, 2.45) is 0 Å². The first-order valence-corrected chi connectivity index (χ1v) is 11.8. The Labute approximate surface area is 201 Å². The Hall–Kier alpha value is -3.72. The SMILES string of the molecule is CCN(CC)C(=O)COc1ccc2nc3c(cc2c1)Cn1c-3cc2c(c1=O)COC(=O)C2(O)CC. The molecule has 1 aromatic carbocycles. The highest BCUT2D eigenvalue weighted by Crippen LogP contribution is 2.38. The zero-order chi connectivity index (χ0) is 24.9. The minimum atomic E-state index is -1.85. The molecule has 0 radical (unpaired) electrons. The highest BCUT2D eigenvalue weighted by atomic mass is 16.6.